The first-order valence-electron chi connectivity index (χ1n) is 6.13. The Morgan fingerprint density at radius 1 is 1.44 bits per heavy atom. The highest BCUT2D eigenvalue weighted by Gasteiger charge is 2.03. The van der Waals surface area contributed by atoms with Crippen LogP contribution < -0.4 is 5.32 Å². The third-order valence-electron chi connectivity index (χ3n) is 2.19. The highest BCUT2D eigenvalue weighted by atomic mass is 16.5. The molecule has 0 bridgehead atoms. The van der Waals surface area contributed by atoms with Crippen LogP contribution >= 0.6 is 0 Å². The Hall–Kier alpha value is -0.380. The number of hydrogen-bond donors (Lipinski definition) is 2. The number of ether oxygens (including phenoxy) is 1. The third kappa shape index (κ3) is 11.7. The SMILES string of the molecule is C=C(C)CNCC(O)COCCCC(C)C. The molecule has 0 aliphatic heterocycles. The second-order valence-electron chi connectivity index (χ2n) is 4.85. The summed E-state index contributed by atoms with van der Waals surface area (Å²) in [7, 11) is 0. The normalized spacial score (nSPS) is 13.1. The monoisotopic (exact) mass is 229 g/mol. The number of aliphatic hydroxyl groups is 1. The summed E-state index contributed by atoms with van der Waals surface area (Å²) in [5.74, 6) is 0.728. The van der Waals surface area contributed by atoms with Gasteiger partial charge in [0.2, 0.25) is 0 Å². The fourth-order valence-corrected chi connectivity index (χ4v) is 1.32. The largest absolute Gasteiger partial charge is 0.389 e. The Bertz CT molecular complexity index is 181. The minimum Gasteiger partial charge on any atom is -0.389 e. The lowest BCUT2D eigenvalue weighted by atomic mass is 10.1. The standard InChI is InChI=1S/C13H27NO2/c1-11(2)6-5-7-16-10-13(15)9-14-8-12(3)4/h11,13-15H,3,5-10H2,1-2,4H3. The minimum absolute atomic E-state index is 0.418. The predicted octanol–water partition coefficient (Wildman–Crippen LogP) is 1.97. The van der Waals surface area contributed by atoms with E-state index in [9.17, 15) is 5.11 Å². The van der Waals surface area contributed by atoms with E-state index < -0.39 is 6.10 Å². The van der Waals surface area contributed by atoms with Crippen molar-refractivity contribution >= 4 is 0 Å². The van der Waals surface area contributed by atoms with Crippen molar-refractivity contribution in [1.29, 1.82) is 0 Å². The van der Waals surface area contributed by atoms with Gasteiger partial charge in [-0.1, -0.05) is 26.0 Å². The molecule has 96 valence electrons. The summed E-state index contributed by atoms with van der Waals surface area (Å²) in [6, 6.07) is 0. The zero-order chi connectivity index (χ0) is 12.4. The van der Waals surface area contributed by atoms with Gasteiger partial charge in [0.25, 0.3) is 0 Å². The van der Waals surface area contributed by atoms with Crippen LogP contribution in [0.1, 0.15) is 33.6 Å². The lowest BCUT2D eigenvalue weighted by Crippen LogP contribution is -2.31. The average Bonchev–Trinajstić information content (AvgIpc) is 2.16. The molecule has 0 saturated heterocycles. The van der Waals surface area contributed by atoms with Crippen LogP contribution in [0.25, 0.3) is 0 Å². The predicted molar refractivity (Wildman–Crippen MR) is 68.6 cm³/mol. The molecular weight excluding hydrogens is 202 g/mol. The maximum absolute atomic E-state index is 9.55. The van der Waals surface area contributed by atoms with Crippen LogP contribution in [0.15, 0.2) is 12.2 Å². The first-order valence-corrected chi connectivity index (χ1v) is 6.13. The molecule has 16 heavy (non-hydrogen) atoms. The highest BCUT2D eigenvalue weighted by molar-refractivity contribution is 4.90. The number of hydrogen-bond acceptors (Lipinski definition) is 3. The van der Waals surface area contributed by atoms with Crippen molar-refractivity contribution in [3.63, 3.8) is 0 Å². The molecule has 0 spiro atoms. The van der Waals surface area contributed by atoms with Crippen LogP contribution in [0, 0.1) is 5.92 Å². The second kappa shape index (κ2) is 9.82. The summed E-state index contributed by atoms with van der Waals surface area (Å²) in [4.78, 5) is 0. The summed E-state index contributed by atoms with van der Waals surface area (Å²) in [5, 5.41) is 12.7. The zero-order valence-corrected chi connectivity index (χ0v) is 11.0. The van der Waals surface area contributed by atoms with Crippen molar-refractivity contribution in [3.05, 3.63) is 12.2 Å². The fraction of sp³-hybridized carbons (Fsp3) is 0.846. The van der Waals surface area contributed by atoms with E-state index in [0.717, 1.165) is 31.1 Å². The molecule has 3 heteroatoms. The molecule has 3 nitrogen and oxygen atoms in total. The molecule has 0 aliphatic rings. The molecule has 0 aliphatic carbocycles. The quantitative estimate of drug-likeness (QED) is 0.444. The van der Waals surface area contributed by atoms with Crippen molar-refractivity contribution < 1.29 is 9.84 Å². The Morgan fingerprint density at radius 2 is 2.12 bits per heavy atom. The maximum atomic E-state index is 9.55. The summed E-state index contributed by atoms with van der Waals surface area (Å²) < 4.78 is 5.39. The van der Waals surface area contributed by atoms with Gasteiger partial charge in [-0.05, 0) is 25.7 Å². The molecule has 0 amide bonds. The van der Waals surface area contributed by atoms with Crippen molar-refractivity contribution in [3.8, 4) is 0 Å². The van der Waals surface area contributed by atoms with Crippen LogP contribution in [-0.2, 0) is 4.74 Å². The lowest BCUT2D eigenvalue weighted by molar-refractivity contribution is 0.0352. The Labute approximate surface area is 99.9 Å². The number of rotatable bonds is 10. The van der Waals surface area contributed by atoms with Crippen LogP contribution in [-0.4, -0.2) is 37.5 Å². The molecule has 1 unspecified atom stereocenters. The van der Waals surface area contributed by atoms with E-state index in [4.69, 9.17) is 4.74 Å². The topological polar surface area (TPSA) is 41.5 Å². The highest BCUT2D eigenvalue weighted by Crippen LogP contribution is 2.03. The van der Waals surface area contributed by atoms with Gasteiger partial charge in [-0.2, -0.15) is 0 Å². The van der Waals surface area contributed by atoms with Crippen LogP contribution in [0.5, 0.6) is 0 Å². The van der Waals surface area contributed by atoms with E-state index >= 15 is 0 Å². The molecule has 0 saturated carbocycles. The van der Waals surface area contributed by atoms with Gasteiger partial charge in [0, 0.05) is 19.7 Å². The van der Waals surface area contributed by atoms with E-state index in [1.807, 2.05) is 6.92 Å². The fourth-order valence-electron chi connectivity index (χ4n) is 1.32. The zero-order valence-electron chi connectivity index (χ0n) is 11.0. The van der Waals surface area contributed by atoms with Gasteiger partial charge in [-0.3, -0.25) is 0 Å². The van der Waals surface area contributed by atoms with Crippen molar-refractivity contribution in [2.24, 2.45) is 5.92 Å². The minimum atomic E-state index is -0.418. The summed E-state index contributed by atoms with van der Waals surface area (Å²) >= 11 is 0. The summed E-state index contributed by atoms with van der Waals surface area (Å²) in [6.07, 6.45) is 1.84. The Kier molecular flexibility index (Phi) is 9.59. The van der Waals surface area contributed by atoms with E-state index in [2.05, 4.69) is 25.7 Å². The van der Waals surface area contributed by atoms with Gasteiger partial charge in [0.15, 0.2) is 0 Å². The van der Waals surface area contributed by atoms with Crippen molar-refractivity contribution in [1.82, 2.24) is 5.32 Å². The molecule has 0 heterocycles. The van der Waals surface area contributed by atoms with Gasteiger partial charge < -0.3 is 15.2 Å². The van der Waals surface area contributed by atoms with Crippen molar-refractivity contribution in [2.75, 3.05) is 26.3 Å². The molecule has 1 atom stereocenters. The molecule has 0 aromatic carbocycles. The average molecular weight is 229 g/mol. The van der Waals surface area contributed by atoms with E-state index in [1.165, 1.54) is 6.42 Å². The van der Waals surface area contributed by atoms with Gasteiger partial charge in [-0.25, -0.2) is 0 Å². The van der Waals surface area contributed by atoms with E-state index in [1.54, 1.807) is 0 Å². The Balaban J connectivity index is 3.23. The van der Waals surface area contributed by atoms with Crippen LogP contribution in [0.3, 0.4) is 0 Å². The third-order valence-corrected chi connectivity index (χ3v) is 2.19. The molecule has 0 aromatic heterocycles. The molecule has 2 N–H and O–H groups in total. The maximum Gasteiger partial charge on any atom is 0.0897 e. The molecule has 0 rings (SSSR count). The van der Waals surface area contributed by atoms with Gasteiger partial charge >= 0.3 is 0 Å². The van der Waals surface area contributed by atoms with Gasteiger partial charge in [0.05, 0.1) is 12.7 Å². The first-order chi connectivity index (χ1) is 7.52. The lowest BCUT2D eigenvalue weighted by Gasteiger charge is -2.12. The Morgan fingerprint density at radius 3 is 2.69 bits per heavy atom. The van der Waals surface area contributed by atoms with Crippen LogP contribution in [0.2, 0.25) is 0 Å². The van der Waals surface area contributed by atoms with E-state index in [-0.39, 0.29) is 0 Å². The molecule has 0 fully saturated rings. The summed E-state index contributed by atoms with van der Waals surface area (Å²) in [5.41, 5.74) is 1.07. The van der Waals surface area contributed by atoms with Gasteiger partial charge in [0.1, 0.15) is 0 Å². The smallest absolute Gasteiger partial charge is 0.0897 e. The molecular formula is C13H27NO2. The number of aliphatic hydroxyl groups excluding tert-OH is 1. The van der Waals surface area contributed by atoms with Gasteiger partial charge in [-0.15, -0.1) is 0 Å². The van der Waals surface area contributed by atoms with Crippen LogP contribution in [0.4, 0.5) is 0 Å². The first kappa shape index (κ1) is 15.6. The van der Waals surface area contributed by atoms with E-state index in [0.29, 0.717) is 13.2 Å². The second-order valence-corrected chi connectivity index (χ2v) is 4.85. The molecule has 0 aromatic rings. The summed E-state index contributed by atoms with van der Waals surface area (Å²) in [6.45, 7) is 12.6. The molecule has 0 radical (unpaired) electrons. The number of nitrogens with one attached hydrogen (secondary N) is 1. The van der Waals surface area contributed by atoms with Crippen molar-refractivity contribution in [2.45, 2.75) is 39.7 Å².